The van der Waals surface area contributed by atoms with Gasteiger partial charge in [-0.2, -0.15) is 0 Å². The lowest BCUT2D eigenvalue weighted by Gasteiger charge is -2.20. The summed E-state index contributed by atoms with van der Waals surface area (Å²) in [6.45, 7) is 9.83. The van der Waals surface area contributed by atoms with Crippen LogP contribution in [0.25, 0.3) is 0 Å². The fourth-order valence-electron chi connectivity index (χ4n) is 2.77. The Balaban J connectivity index is 2.49. The Labute approximate surface area is 118 Å². The lowest BCUT2D eigenvalue weighted by atomic mass is 9.89. The van der Waals surface area contributed by atoms with Crippen LogP contribution in [0.3, 0.4) is 0 Å². The fourth-order valence-corrected chi connectivity index (χ4v) is 2.77. The Bertz CT molecular complexity index is 310. The van der Waals surface area contributed by atoms with E-state index in [0.29, 0.717) is 0 Å². The second-order valence-electron chi connectivity index (χ2n) is 5.81. The van der Waals surface area contributed by atoms with Crippen molar-refractivity contribution in [2.45, 2.75) is 46.5 Å². The molecular weight excluding hydrogens is 238 g/mol. The predicted molar refractivity (Wildman–Crippen MR) is 79.0 cm³/mol. The summed E-state index contributed by atoms with van der Waals surface area (Å²) in [5, 5.41) is 0. The van der Waals surface area contributed by atoms with E-state index in [1.807, 2.05) is 13.0 Å². The van der Waals surface area contributed by atoms with Crippen LogP contribution in [0.4, 0.5) is 0 Å². The number of rotatable bonds is 5. The number of esters is 1. The van der Waals surface area contributed by atoms with Crippen LogP contribution in [0.1, 0.15) is 46.5 Å². The third-order valence-electron chi connectivity index (χ3n) is 4.23. The molecule has 0 spiro atoms. The average molecular weight is 267 g/mol. The highest BCUT2D eigenvalue weighted by molar-refractivity contribution is 5.88. The van der Waals surface area contributed by atoms with Crippen molar-refractivity contribution in [3.63, 3.8) is 0 Å². The van der Waals surface area contributed by atoms with Gasteiger partial charge in [0.15, 0.2) is 0 Å². The summed E-state index contributed by atoms with van der Waals surface area (Å²) < 4.78 is 4.79. The van der Waals surface area contributed by atoms with Crippen molar-refractivity contribution in [1.82, 2.24) is 4.90 Å². The number of nitrogens with zero attached hydrogens (tertiary/aromatic N) is 1. The zero-order valence-corrected chi connectivity index (χ0v) is 12.9. The van der Waals surface area contributed by atoms with Gasteiger partial charge >= 0.3 is 5.97 Å². The molecule has 1 atom stereocenters. The Hall–Kier alpha value is -0.830. The van der Waals surface area contributed by atoms with Crippen molar-refractivity contribution in [3.8, 4) is 0 Å². The number of methoxy groups -OCH3 is 1. The van der Waals surface area contributed by atoms with E-state index in [0.717, 1.165) is 43.5 Å². The molecule has 0 N–H and O–H groups in total. The Kier molecular flexibility index (Phi) is 7.14. The highest BCUT2D eigenvalue weighted by Gasteiger charge is 2.19. The quantitative estimate of drug-likeness (QED) is 0.565. The lowest BCUT2D eigenvalue weighted by molar-refractivity contribution is -0.136. The topological polar surface area (TPSA) is 29.5 Å². The van der Waals surface area contributed by atoms with Crippen LogP contribution in [0.2, 0.25) is 0 Å². The van der Waals surface area contributed by atoms with Gasteiger partial charge in [-0.1, -0.05) is 26.8 Å². The monoisotopic (exact) mass is 267 g/mol. The maximum absolute atomic E-state index is 11.5. The molecule has 110 valence electrons. The van der Waals surface area contributed by atoms with Gasteiger partial charge in [0.1, 0.15) is 0 Å². The number of hydrogen-bond donors (Lipinski definition) is 0. The van der Waals surface area contributed by atoms with Crippen LogP contribution < -0.4 is 0 Å². The highest BCUT2D eigenvalue weighted by atomic mass is 16.5. The maximum atomic E-state index is 11.5. The molecule has 19 heavy (non-hydrogen) atoms. The summed E-state index contributed by atoms with van der Waals surface area (Å²) in [7, 11) is 1.45. The van der Waals surface area contributed by atoms with Gasteiger partial charge in [-0.25, -0.2) is 4.79 Å². The zero-order valence-electron chi connectivity index (χ0n) is 12.9. The van der Waals surface area contributed by atoms with E-state index in [9.17, 15) is 4.79 Å². The van der Waals surface area contributed by atoms with Gasteiger partial charge in [-0.05, 0) is 50.6 Å². The van der Waals surface area contributed by atoms with E-state index in [-0.39, 0.29) is 5.97 Å². The Morgan fingerprint density at radius 3 is 2.68 bits per heavy atom. The van der Waals surface area contributed by atoms with E-state index in [1.165, 1.54) is 26.4 Å². The number of carbonyl (C=O) groups is 1. The molecule has 3 nitrogen and oxygen atoms in total. The molecule has 1 fully saturated rings. The smallest absolute Gasteiger partial charge is 0.333 e. The van der Waals surface area contributed by atoms with Crippen LogP contribution >= 0.6 is 0 Å². The second-order valence-corrected chi connectivity index (χ2v) is 5.81. The van der Waals surface area contributed by atoms with Gasteiger partial charge in [0.25, 0.3) is 0 Å². The normalized spacial score (nSPS) is 22.4. The van der Waals surface area contributed by atoms with E-state index in [2.05, 4.69) is 18.7 Å². The lowest BCUT2D eigenvalue weighted by Crippen LogP contribution is -2.25. The fraction of sp³-hybridized carbons (Fsp3) is 0.812. The van der Waals surface area contributed by atoms with Gasteiger partial charge in [0, 0.05) is 12.1 Å². The molecular formula is C16H29NO2. The van der Waals surface area contributed by atoms with Crippen LogP contribution in [0.5, 0.6) is 0 Å². The first-order chi connectivity index (χ1) is 9.08. The molecule has 0 saturated carbocycles. The van der Waals surface area contributed by atoms with Crippen molar-refractivity contribution in [2.75, 3.05) is 26.7 Å². The molecule has 0 bridgehead atoms. The van der Waals surface area contributed by atoms with Crippen molar-refractivity contribution in [1.29, 1.82) is 0 Å². The molecule has 0 aromatic heterocycles. The van der Waals surface area contributed by atoms with Crippen LogP contribution in [-0.2, 0) is 9.53 Å². The summed E-state index contributed by atoms with van der Waals surface area (Å²) in [6.07, 6.45) is 6.69. The molecule has 1 heterocycles. The minimum atomic E-state index is -0.183. The van der Waals surface area contributed by atoms with Crippen molar-refractivity contribution in [2.24, 2.45) is 11.8 Å². The largest absolute Gasteiger partial charge is 0.466 e. The van der Waals surface area contributed by atoms with Gasteiger partial charge < -0.3 is 4.74 Å². The highest BCUT2D eigenvalue weighted by Crippen LogP contribution is 2.24. The number of ether oxygens (including phenoxy) is 1. The average Bonchev–Trinajstić information content (AvgIpc) is 2.64. The third kappa shape index (κ3) is 5.35. The van der Waals surface area contributed by atoms with Crippen molar-refractivity contribution >= 4 is 5.97 Å². The van der Waals surface area contributed by atoms with Crippen molar-refractivity contribution in [3.05, 3.63) is 11.6 Å². The van der Waals surface area contributed by atoms with Gasteiger partial charge in [0.05, 0.1) is 7.11 Å². The van der Waals surface area contributed by atoms with E-state index in [1.54, 1.807) is 0 Å². The van der Waals surface area contributed by atoms with Crippen LogP contribution in [-0.4, -0.2) is 37.6 Å². The SMILES string of the molecule is CCC(=CCN1CCCC(C(C)C)CC1)C(=O)OC. The summed E-state index contributed by atoms with van der Waals surface area (Å²) in [5.74, 6) is 1.47. The summed E-state index contributed by atoms with van der Waals surface area (Å²) in [4.78, 5) is 14.0. The summed E-state index contributed by atoms with van der Waals surface area (Å²) in [6, 6.07) is 0. The first-order valence-electron chi connectivity index (χ1n) is 7.58. The Morgan fingerprint density at radius 1 is 1.37 bits per heavy atom. The van der Waals surface area contributed by atoms with Gasteiger partial charge in [-0.15, -0.1) is 0 Å². The molecule has 0 amide bonds. The molecule has 1 saturated heterocycles. The first kappa shape index (κ1) is 16.2. The maximum Gasteiger partial charge on any atom is 0.333 e. The standard InChI is InChI=1S/C16H29NO2/c1-5-14(16(18)19-4)8-11-17-10-6-7-15(9-12-17)13(2)3/h8,13,15H,5-7,9-12H2,1-4H3. The number of carbonyl (C=O) groups excluding carboxylic acids is 1. The van der Waals surface area contributed by atoms with E-state index < -0.39 is 0 Å². The minimum absolute atomic E-state index is 0.183. The molecule has 3 heteroatoms. The molecule has 0 aromatic rings. The Morgan fingerprint density at radius 2 is 2.11 bits per heavy atom. The van der Waals surface area contributed by atoms with E-state index in [4.69, 9.17) is 4.74 Å². The summed E-state index contributed by atoms with van der Waals surface area (Å²) in [5.41, 5.74) is 0.798. The van der Waals surface area contributed by atoms with Gasteiger partial charge in [0.2, 0.25) is 0 Å². The summed E-state index contributed by atoms with van der Waals surface area (Å²) >= 11 is 0. The van der Waals surface area contributed by atoms with Crippen LogP contribution in [0, 0.1) is 11.8 Å². The molecule has 0 radical (unpaired) electrons. The molecule has 1 unspecified atom stereocenters. The third-order valence-corrected chi connectivity index (χ3v) is 4.23. The minimum Gasteiger partial charge on any atom is -0.466 e. The van der Waals surface area contributed by atoms with Crippen LogP contribution in [0.15, 0.2) is 11.6 Å². The number of hydrogen-bond acceptors (Lipinski definition) is 3. The zero-order chi connectivity index (χ0) is 14.3. The van der Waals surface area contributed by atoms with Gasteiger partial charge in [-0.3, -0.25) is 4.90 Å². The first-order valence-corrected chi connectivity index (χ1v) is 7.58. The number of likely N-dealkylation sites (tertiary alicyclic amines) is 1. The molecule has 0 aliphatic carbocycles. The molecule has 1 aliphatic rings. The molecule has 0 aromatic carbocycles. The molecule has 1 rings (SSSR count). The predicted octanol–water partition coefficient (Wildman–Crippen LogP) is 3.25. The second kappa shape index (κ2) is 8.36. The van der Waals surface area contributed by atoms with Crippen molar-refractivity contribution < 1.29 is 9.53 Å². The molecule has 1 aliphatic heterocycles. The van der Waals surface area contributed by atoms with E-state index >= 15 is 0 Å².